The van der Waals surface area contributed by atoms with Crippen LogP contribution >= 0.6 is 0 Å². The molecule has 3 heterocycles. The number of primary amides is 1. The number of nitrogens with one attached hydrogen (secondary N) is 1. The molecule has 7 nitrogen and oxygen atoms in total. The molecule has 164 valence electrons. The van der Waals surface area contributed by atoms with E-state index in [-0.39, 0.29) is 5.69 Å². The monoisotopic (exact) mass is 428 g/mol. The average molecular weight is 429 g/mol. The number of amides is 1. The first kappa shape index (κ1) is 20.3. The minimum absolute atomic E-state index is 0.276. The normalized spacial score (nSPS) is 16.6. The summed E-state index contributed by atoms with van der Waals surface area (Å²) in [7, 11) is 2.17. The summed E-state index contributed by atoms with van der Waals surface area (Å²) in [6.45, 7) is 4.98. The summed E-state index contributed by atoms with van der Waals surface area (Å²) in [5, 5.41) is 9.10. The highest BCUT2D eigenvalue weighted by Crippen LogP contribution is 2.23. The Labute approximate surface area is 187 Å². The molecule has 2 aromatic carbocycles. The third kappa shape index (κ3) is 3.99. The van der Waals surface area contributed by atoms with Crippen molar-refractivity contribution in [3.05, 3.63) is 77.7 Å². The summed E-state index contributed by atoms with van der Waals surface area (Å²) in [5.74, 6) is -0.518. The largest absolute Gasteiger partial charge is 0.381 e. The second kappa shape index (κ2) is 8.16. The topological polar surface area (TPSA) is 81.1 Å². The van der Waals surface area contributed by atoms with Gasteiger partial charge >= 0.3 is 0 Å². The van der Waals surface area contributed by atoms with Crippen molar-refractivity contribution < 1.29 is 4.79 Å². The molecule has 3 N–H and O–H groups in total. The Balaban J connectivity index is 1.33. The molecule has 1 amide bonds. The number of likely N-dealkylation sites (N-methyl/N-ethyl adjacent to an activating group) is 1. The van der Waals surface area contributed by atoms with Crippen LogP contribution < -0.4 is 11.1 Å². The van der Waals surface area contributed by atoms with Gasteiger partial charge in [0.25, 0.3) is 5.91 Å². The van der Waals surface area contributed by atoms with Crippen molar-refractivity contribution in [1.82, 2.24) is 19.2 Å². The fourth-order valence-corrected chi connectivity index (χ4v) is 4.51. The first-order valence-electron chi connectivity index (χ1n) is 11.0. The number of rotatable bonds is 6. The van der Waals surface area contributed by atoms with Crippen molar-refractivity contribution in [3.8, 4) is 5.69 Å². The Kier molecular flexibility index (Phi) is 5.19. The number of carbonyl (C=O) groups is 1. The Hall–Kier alpha value is -3.58. The number of hydrogen-bond acceptors (Lipinski definition) is 4. The van der Waals surface area contributed by atoms with Gasteiger partial charge in [-0.25, -0.2) is 4.68 Å². The van der Waals surface area contributed by atoms with Gasteiger partial charge in [-0.2, -0.15) is 5.10 Å². The molecule has 32 heavy (non-hydrogen) atoms. The quantitative estimate of drug-likeness (QED) is 0.493. The van der Waals surface area contributed by atoms with Gasteiger partial charge in [0.1, 0.15) is 0 Å². The van der Waals surface area contributed by atoms with Crippen LogP contribution in [0.3, 0.4) is 0 Å². The highest BCUT2D eigenvalue weighted by atomic mass is 16.1. The lowest BCUT2D eigenvalue weighted by Gasteiger charge is -2.15. The molecule has 0 bridgehead atoms. The molecule has 5 rings (SSSR count). The second-order valence-electron chi connectivity index (χ2n) is 8.72. The van der Waals surface area contributed by atoms with E-state index in [0.717, 1.165) is 41.9 Å². The molecule has 1 aliphatic heterocycles. The number of likely N-dealkylation sites (tertiary alicyclic amines) is 1. The molecular weight excluding hydrogens is 400 g/mol. The minimum atomic E-state index is -0.518. The summed E-state index contributed by atoms with van der Waals surface area (Å²) < 4.78 is 4.00. The molecule has 1 fully saturated rings. The van der Waals surface area contributed by atoms with Gasteiger partial charge in [0.05, 0.1) is 5.69 Å². The van der Waals surface area contributed by atoms with Crippen LogP contribution in [0.15, 0.2) is 60.8 Å². The molecule has 0 saturated carbocycles. The van der Waals surface area contributed by atoms with Crippen molar-refractivity contribution in [1.29, 1.82) is 0 Å². The molecule has 0 spiro atoms. The van der Waals surface area contributed by atoms with Gasteiger partial charge in [0.2, 0.25) is 0 Å². The van der Waals surface area contributed by atoms with Crippen LogP contribution in [-0.2, 0) is 6.54 Å². The third-order valence-electron chi connectivity index (χ3n) is 6.21. The van der Waals surface area contributed by atoms with Gasteiger partial charge in [-0.3, -0.25) is 4.79 Å². The molecule has 0 radical (unpaired) electrons. The van der Waals surface area contributed by atoms with E-state index in [2.05, 4.69) is 75.6 Å². The van der Waals surface area contributed by atoms with E-state index in [4.69, 9.17) is 5.73 Å². The van der Waals surface area contributed by atoms with Crippen LogP contribution in [-0.4, -0.2) is 51.3 Å². The van der Waals surface area contributed by atoms with Crippen LogP contribution in [0.25, 0.3) is 16.6 Å². The van der Waals surface area contributed by atoms with Crippen molar-refractivity contribution in [2.45, 2.75) is 25.9 Å². The van der Waals surface area contributed by atoms with Gasteiger partial charge in [0.15, 0.2) is 5.69 Å². The van der Waals surface area contributed by atoms with Gasteiger partial charge in [0, 0.05) is 47.6 Å². The van der Waals surface area contributed by atoms with E-state index in [1.54, 1.807) is 10.7 Å². The molecule has 0 unspecified atom stereocenters. The smallest absolute Gasteiger partial charge is 0.269 e. The molecule has 1 atom stereocenters. The Bertz CT molecular complexity index is 1270. The van der Waals surface area contributed by atoms with E-state index in [0.29, 0.717) is 6.04 Å². The standard InChI is InChI=1S/C25H28N6O/c1-17-13-23(25(26)32)28-31(17)22-7-8-24-19(14-22)9-12-30(24)15-18-3-5-20(6-4-18)27-21-10-11-29(2)16-21/h3-9,12-14,21,27H,10-11,15-16H2,1-2H3,(H2,26,32)/t21-/m0/s1. The predicted molar refractivity (Wildman–Crippen MR) is 127 cm³/mol. The zero-order valence-corrected chi connectivity index (χ0v) is 18.5. The Morgan fingerprint density at radius 1 is 1.16 bits per heavy atom. The lowest BCUT2D eigenvalue weighted by atomic mass is 10.1. The van der Waals surface area contributed by atoms with Gasteiger partial charge in [-0.1, -0.05) is 12.1 Å². The van der Waals surface area contributed by atoms with E-state index in [1.807, 2.05) is 13.0 Å². The van der Waals surface area contributed by atoms with Crippen LogP contribution in [0, 0.1) is 6.92 Å². The van der Waals surface area contributed by atoms with Gasteiger partial charge < -0.3 is 20.5 Å². The molecule has 7 heteroatoms. The van der Waals surface area contributed by atoms with Crippen molar-refractivity contribution in [3.63, 3.8) is 0 Å². The average Bonchev–Trinajstić information content (AvgIpc) is 3.48. The zero-order valence-electron chi connectivity index (χ0n) is 18.5. The maximum atomic E-state index is 11.4. The summed E-state index contributed by atoms with van der Waals surface area (Å²) >= 11 is 0. The molecule has 1 aliphatic rings. The molecular formula is C25H28N6O. The van der Waals surface area contributed by atoms with Crippen LogP contribution in [0.5, 0.6) is 0 Å². The Morgan fingerprint density at radius 2 is 1.97 bits per heavy atom. The lowest BCUT2D eigenvalue weighted by Crippen LogP contribution is -2.23. The number of hydrogen-bond donors (Lipinski definition) is 2. The van der Waals surface area contributed by atoms with Crippen LogP contribution in [0.2, 0.25) is 0 Å². The van der Waals surface area contributed by atoms with Crippen LogP contribution in [0.4, 0.5) is 5.69 Å². The number of nitrogens with zero attached hydrogens (tertiary/aromatic N) is 4. The van der Waals surface area contributed by atoms with E-state index >= 15 is 0 Å². The third-order valence-corrected chi connectivity index (χ3v) is 6.21. The number of fused-ring (bicyclic) bond motifs is 1. The first-order valence-corrected chi connectivity index (χ1v) is 11.0. The highest BCUT2D eigenvalue weighted by Gasteiger charge is 2.18. The maximum Gasteiger partial charge on any atom is 0.269 e. The number of carbonyl (C=O) groups excluding carboxylic acids is 1. The lowest BCUT2D eigenvalue weighted by molar-refractivity contribution is 0.0995. The number of nitrogens with two attached hydrogens (primary N) is 1. The Morgan fingerprint density at radius 3 is 2.66 bits per heavy atom. The van der Waals surface area contributed by atoms with Crippen molar-refractivity contribution >= 4 is 22.5 Å². The maximum absolute atomic E-state index is 11.4. The fraction of sp³-hybridized carbons (Fsp3) is 0.280. The summed E-state index contributed by atoms with van der Waals surface area (Å²) in [6.07, 6.45) is 3.30. The number of aromatic nitrogens is 3. The van der Waals surface area contributed by atoms with Gasteiger partial charge in [-0.15, -0.1) is 0 Å². The fourth-order valence-electron chi connectivity index (χ4n) is 4.51. The molecule has 1 saturated heterocycles. The number of anilines is 1. The van der Waals surface area contributed by atoms with E-state index < -0.39 is 5.91 Å². The summed E-state index contributed by atoms with van der Waals surface area (Å²) in [5.41, 5.74) is 11.0. The van der Waals surface area contributed by atoms with Crippen LogP contribution in [0.1, 0.15) is 28.2 Å². The van der Waals surface area contributed by atoms with E-state index in [1.165, 1.54) is 17.7 Å². The van der Waals surface area contributed by atoms with Gasteiger partial charge in [-0.05, 0) is 75.0 Å². The van der Waals surface area contributed by atoms with Crippen molar-refractivity contribution in [2.75, 3.05) is 25.5 Å². The first-order chi connectivity index (χ1) is 15.5. The minimum Gasteiger partial charge on any atom is -0.381 e. The molecule has 4 aromatic rings. The highest BCUT2D eigenvalue weighted by molar-refractivity contribution is 5.91. The number of aryl methyl sites for hydroxylation is 1. The summed E-state index contributed by atoms with van der Waals surface area (Å²) in [4.78, 5) is 13.8. The zero-order chi connectivity index (χ0) is 22.2. The predicted octanol–water partition coefficient (Wildman–Crippen LogP) is 3.40. The second-order valence-corrected chi connectivity index (χ2v) is 8.72. The van der Waals surface area contributed by atoms with E-state index in [9.17, 15) is 4.79 Å². The molecule has 2 aromatic heterocycles. The number of benzene rings is 2. The summed E-state index contributed by atoms with van der Waals surface area (Å²) in [6, 6.07) is 19.3. The molecule has 0 aliphatic carbocycles. The SMILES string of the molecule is Cc1cc(C(N)=O)nn1-c1ccc2c(ccn2Cc2ccc(N[C@H]3CCN(C)C3)cc2)c1. The van der Waals surface area contributed by atoms with Crippen molar-refractivity contribution in [2.24, 2.45) is 5.73 Å².